The van der Waals surface area contributed by atoms with Crippen molar-refractivity contribution >= 4 is 15.7 Å². The molecule has 114 valence electrons. The van der Waals surface area contributed by atoms with Crippen LogP contribution >= 0.6 is 0 Å². The van der Waals surface area contributed by atoms with Gasteiger partial charge in [-0.1, -0.05) is 19.8 Å². The zero-order valence-corrected chi connectivity index (χ0v) is 12.7. The Hall–Kier alpha value is -1.11. The van der Waals surface area contributed by atoms with Gasteiger partial charge in [0.15, 0.2) is 0 Å². The van der Waals surface area contributed by atoms with Crippen LogP contribution in [0.1, 0.15) is 32.6 Å². The number of hydrogen-bond acceptors (Lipinski definition) is 4. The molecule has 0 amide bonds. The Kier molecular flexibility index (Phi) is 7.58. The molecule has 0 aromatic heterocycles. The van der Waals surface area contributed by atoms with Crippen LogP contribution in [0, 0.1) is 0 Å². The molecule has 1 aromatic rings. The van der Waals surface area contributed by atoms with E-state index < -0.39 is 10.0 Å². The summed E-state index contributed by atoms with van der Waals surface area (Å²) < 4.78 is 26.0. The molecule has 1 aromatic carbocycles. The third-order valence-electron chi connectivity index (χ3n) is 2.91. The molecule has 6 heteroatoms. The molecule has 0 spiro atoms. The molecule has 5 nitrogen and oxygen atoms in total. The summed E-state index contributed by atoms with van der Waals surface area (Å²) in [5.74, 6) is 0. The number of unbranched alkanes of at least 4 members (excludes halogenated alkanes) is 3. The van der Waals surface area contributed by atoms with E-state index in [-0.39, 0.29) is 11.5 Å². The number of aliphatic hydroxyl groups excluding tert-OH is 1. The van der Waals surface area contributed by atoms with E-state index in [4.69, 9.17) is 5.11 Å². The van der Waals surface area contributed by atoms with E-state index in [1.54, 1.807) is 31.2 Å². The van der Waals surface area contributed by atoms with Crippen LogP contribution in [-0.2, 0) is 10.0 Å². The second-order valence-corrected chi connectivity index (χ2v) is 6.36. The van der Waals surface area contributed by atoms with Gasteiger partial charge in [0.2, 0.25) is 10.0 Å². The topological polar surface area (TPSA) is 78.4 Å². The second kappa shape index (κ2) is 8.94. The highest BCUT2D eigenvalue weighted by atomic mass is 32.2. The largest absolute Gasteiger partial charge is 0.396 e. The van der Waals surface area contributed by atoms with Crippen molar-refractivity contribution in [3.05, 3.63) is 24.3 Å². The lowest BCUT2D eigenvalue weighted by molar-refractivity contribution is 0.283. The van der Waals surface area contributed by atoms with Gasteiger partial charge < -0.3 is 10.4 Å². The van der Waals surface area contributed by atoms with Gasteiger partial charge in [-0.25, -0.2) is 13.1 Å². The SMILES string of the molecule is CCNS(=O)(=O)c1ccc(NCCCCCCO)cc1. The van der Waals surface area contributed by atoms with E-state index in [0.717, 1.165) is 37.9 Å². The van der Waals surface area contributed by atoms with E-state index in [9.17, 15) is 8.42 Å². The van der Waals surface area contributed by atoms with Crippen LogP contribution in [0.3, 0.4) is 0 Å². The van der Waals surface area contributed by atoms with Crippen LogP contribution in [0.5, 0.6) is 0 Å². The second-order valence-electron chi connectivity index (χ2n) is 4.59. The van der Waals surface area contributed by atoms with Crippen LogP contribution in [0.2, 0.25) is 0 Å². The van der Waals surface area contributed by atoms with Crippen molar-refractivity contribution in [3.63, 3.8) is 0 Å². The Bertz CT molecular complexity index is 472. The van der Waals surface area contributed by atoms with Gasteiger partial charge in [-0.15, -0.1) is 0 Å². The number of anilines is 1. The molecule has 3 N–H and O–H groups in total. The molecule has 0 aliphatic heterocycles. The number of nitrogens with one attached hydrogen (secondary N) is 2. The maximum atomic E-state index is 11.8. The van der Waals surface area contributed by atoms with Gasteiger partial charge in [-0.2, -0.15) is 0 Å². The lowest BCUT2D eigenvalue weighted by Crippen LogP contribution is -2.23. The Morgan fingerprint density at radius 3 is 2.30 bits per heavy atom. The molecule has 0 saturated carbocycles. The standard InChI is InChI=1S/C14H24N2O3S/c1-2-16-20(18,19)14-9-7-13(8-10-14)15-11-5-3-4-6-12-17/h7-10,15-17H,2-6,11-12H2,1H3. The molecule has 0 heterocycles. The molecule has 0 saturated heterocycles. The molecule has 0 atom stereocenters. The Balaban J connectivity index is 2.39. The molecule has 0 aliphatic carbocycles. The maximum Gasteiger partial charge on any atom is 0.240 e. The lowest BCUT2D eigenvalue weighted by Gasteiger charge is -2.08. The Morgan fingerprint density at radius 2 is 1.70 bits per heavy atom. The molecule has 1 rings (SSSR count). The van der Waals surface area contributed by atoms with Gasteiger partial charge in [0.1, 0.15) is 0 Å². The predicted octanol–water partition coefficient (Wildman–Crippen LogP) is 1.95. The molecular weight excluding hydrogens is 276 g/mol. The molecule has 0 aliphatic rings. The number of rotatable bonds is 10. The number of sulfonamides is 1. The van der Waals surface area contributed by atoms with Crippen LogP contribution in [0.4, 0.5) is 5.69 Å². The number of hydrogen-bond donors (Lipinski definition) is 3. The van der Waals surface area contributed by atoms with E-state index in [0.29, 0.717) is 6.54 Å². The minimum Gasteiger partial charge on any atom is -0.396 e. The number of benzene rings is 1. The van der Waals surface area contributed by atoms with Crippen molar-refractivity contribution in [1.29, 1.82) is 0 Å². The van der Waals surface area contributed by atoms with Crippen LogP contribution in [0.25, 0.3) is 0 Å². The van der Waals surface area contributed by atoms with E-state index >= 15 is 0 Å². The molecule has 20 heavy (non-hydrogen) atoms. The average molecular weight is 300 g/mol. The normalized spacial score (nSPS) is 11.5. The fraction of sp³-hybridized carbons (Fsp3) is 0.571. The van der Waals surface area contributed by atoms with Gasteiger partial charge in [0.05, 0.1) is 4.90 Å². The first-order valence-corrected chi connectivity index (χ1v) is 8.53. The van der Waals surface area contributed by atoms with E-state index in [2.05, 4.69) is 10.0 Å². The molecular formula is C14H24N2O3S. The first-order chi connectivity index (χ1) is 9.60. The monoisotopic (exact) mass is 300 g/mol. The number of aliphatic hydroxyl groups is 1. The minimum absolute atomic E-state index is 0.259. The summed E-state index contributed by atoms with van der Waals surface area (Å²) in [7, 11) is -3.36. The molecule has 0 bridgehead atoms. The summed E-state index contributed by atoms with van der Waals surface area (Å²) in [6.07, 6.45) is 4.02. The van der Waals surface area contributed by atoms with Gasteiger partial charge in [-0.3, -0.25) is 0 Å². The summed E-state index contributed by atoms with van der Waals surface area (Å²) in [4.78, 5) is 0.285. The molecule has 0 unspecified atom stereocenters. The van der Waals surface area contributed by atoms with Crippen molar-refractivity contribution < 1.29 is 13.5 Å². The Morgan fingerprint density at radius 1 is 1.05 bits per heavy atom. The smallest absolute Gasteiger partial charge is 0.240 e. The first-order valence-electron chi connectivity index (χ1n) is 7.04. The van der Waals surface area contributed by atoms with Gasteiger partial charge in [0, 0.05) is 25.4 Å². The van der Waals surface area contributed by atoms with Crippen molar-refractivity contribution in [1.82, 2.24) is 4.72 Å². The summed E-state index contributed by atoms with van der Waals surface area (Å²) in [6.45, 7) is 3.25. The third-order valence-corrected chi connectivity index (χ3v) is 4.47. The van der Waals surface area contributed by atoms with Crippen molar-refractivity contribution in [2.45, 2.75) is 37.5 Å². The van der Waals surface area contributed by atoms with Gasteiger partial charge in [-0.05, 0) is 37.1 Å². The van der Waals surface area contributed by atoms with Gasteiger partial charge >= 0.3 is 0 Å². The summed E-state index contributed by atoms with van der Waals surface area (Å²) >= 11 is 0. The average Bonchev–Trinajstić information content (AvgIpc) is 2.43. The fourth-order valence-electron chi connectivity index (χ4n) is 1.85. The van der Waals surface area contributed by atoms with E-state index in [1.807, 2.05) is 0 Å². The quantitative estimate of drug-likeness (QED) is 0.577. The fourth-order valence-corrected chi connectivity index (χ4v) is 2.89. The van der Waals surface area contributed by atoms with Crippen molar-refractivity contribution in [2.75, 3.05) is 25.0 Å². The lowest BCUT2D eigenvalue weighted by atomic mass is 10.2. The van der Waals surface area contributed by atoms with Crippen LogP contribution in [-0.4, -0.2) is 33.2 Å². The zero-order chi connectivity index (χ0) is 14.8. The van der Waals surface area contributed by atoms with Crippen LogP contribution < -0.4 is 10.0 Å². The molecule has 0 radical (unpaired) electrons. The zero-order valence-electron chi connectivity index (χ0n) is 11.9. The van der Waals surface area contributed by atoms with Crippen molar-refractivity contribution in [3.8, 4) is 0 Å². The first kappa shape index (κ1) is 16.9. The van der Waals surface area contributed by atoms with Crippen LogP contribution in [0.15, 0.2) is 29.2 Å². The highest BCUT2D eigenvalue weighted by Crippen LogP contribution is 2.14. The van der Waals surface area contributed by atoms with Gasteiger partial charge in [0.25, 0.3) is 0 Å². The maximum absolute atomic E-state index is 11.8. The highest BCUT2D eigenvalue weighted by Gasteiger charge is 2.11. The minimum atomic E-state index is -3.36. The van der Waals surface area contributed by atoms with Crippen molar-refractivity contribution in [2.24, 2.45) is 0 Å². The third kappa shape index (κ3) is 5.90. The van der Waals surface area contributed by atoms with E-state index in [1.165, 1.54) is 0 Å². The summed E-state index contributed by atoms with van der Waals surface area (Å²) in [5, 5.41) is 11.9. The molecule has 0 fully saturated rings. The highest BCUT2D eigenvalue weighted by molar-refractivity contribution is 7.89. The summed E-state index contributed by atoms with van der Waals surface area (Å²) in [6, 6.07) is 6.76. The predicted molar refractivity (Wildman–Crippen MR) is 81.3 cm³/mol. The summed E-state index contributed by atoms with van der Waals surface area (Å²) in [5.41, 5.74) is 0.919. The Labute approximate surface area is 121 Å².